The third-order valence-corrected chi connectivity index (χ3v) is 5.21. The first-order chi connectivity index (χ1) is 12.1. The zero-order valence-electron chi connectivity index (χ0n) is 14.8. The summed E-state index contributed by atoms with van der Waals surface area (Å²) in [4.78, 5) is 27.7. The number of aromatic nitrogens is 2. The summed E-state index contributed by atoms with van der Waals surface area (Å²) in [5.74, 6) is -0.471. The Morgan fingerprint density at radius 1 is 1.08 bits per heavy atom. The third kappa shape index (κ3) is 5.04. The Morgan fingerprint density at radius 2 is 1.84 bits per heavy atom. The van der Waals surface area contributed by atoms with Crippen molar-refractivity contribution >= 4 is 11.9 Å². The van der Waals surface area contributed by atoms with Gasteiger partial charge in [-0.2, -0.15) is 5.10 Å². The minimum Gasteiger partial charge on any atom is -0.480 e. The number of carboxylic acid groups (broad SMARTS) is 1. The van der Waals surface area contributed by atoms with Gasteiger partial charge in [0, 0.05) is 25.2 Å². The van der Waals surface area contributed by atoms with Gasteiger partial charge in [-0.3, -0.25) is 19.2 Å². The highest BCUT2D eigenvalue weighted by Crippen LogP contribution is 2.26. The number of rotatable bonds is 5. The summed E-state index contributed by atoms with van der Waals surface area (Å²) < 4.78 is 1.45. The van der Waals surface area contributed by atoms with Crippen molar-refractivity contribution in [2.45, 2.75) is 51.0 Å². The SMILES string of the molecule is O=C(O)Cn1ccc(C2CCCN(C(=O)CN3CCCCCC3)C2)n1. The minimum absolute atomic E-state index is 0.121. The molecule has 2 aliphatic heterocycles. The van der Waals surface area contributed by atoms with Crippen LogP contribution in [0.5, 0.6) is 0 Å². The standard InChI is InChI=1S/C18H28N4O3/c23-17(13-20-8-3-1-2-4-9-20)21-10-5-6-15(12-21)16-7-11-22(19-16)14-18(24)25/h7,11,15H,1-6,8-10,12-14H2,(H,24,25). The predicted molar refractivity (Wildman–Crippen MR) is 93.3 cm³/mol. The predicted octanol–water partition coefficient (Wildman–Crippen LogP) is 1.55. The number of hydrogen-bond donors (Lipinski definition) is 1. The van der Waals surface area contributed by atoms with Gasteiger partial charge in [0.1, 0.15) is 6.54 Å². The van der Waals surface area contributed by atoms with Gasteiger partial charge in [-0.05, 0) is 44.8 Å². The van der Waals surface area contributed by atoms with Crippen LogP contribution in [0, 0.1) is 0 Å². The van der Waals surface area contributed by atoms with Gasteiger partial charge < -0.3 is 10.0 Å². The molecule has 0 radical (unpaired) electrons. The largest absolute Gasteiger partial charge is 0.480 e. The van der Waals surface area contributed by atoms with E-state index < -0.39 is 5.97 Å². The maximum atomic E-state index is 12.7. The Hall–Kier alpha value is -1.89. The van der Waals surface area contributed by atoms with Crippen molar-refractivity contribution in [3.63, 3.8) is 0 Å². The van der Waals surface area contributed by atoms with E-state index in [0.29, 0.717) is 13.1 Å². The molecule has 2 fully saturated rings. The van der Waals surface area contributed by atoms with Gasteiger partial charge in [-0.25, -0.2) is 0 Å². The van der Waals surface area contributed by atoms with E-state index in [2.05, 4.69) is 10.00 Å². The lowest BCUT2D eigenvalue weighted by molar-refractivity contribution is -0.138. The van der Waals surface area contributed by atoms with Crippen LogP contribution >= 0.6 is 0 Å². The van der Waals surface area contributed by atoms with Crippen LogP contribution < -0.4 is 0 Å². The zero-order chi connectivity index (χ0) is 17.6. The van der Waals surface area contributed by atoms with Crippen LogP contribution in [0.25, 0.3) is 0 Å². The van der Waals surface area contributed by atoms with E-state index in [-0.39, 0.29) is 18.4 Å². The topological polar surface area (TPSA) is 78.7 Å². The summed E-state index contributed by atoms with van der Waals surface area (Å²) in [7, 11) is 0. The van der Waals surface area contributed by atoms with Crippen LogP contribution in [-0.2, 0) is 16.1 Å². The lowest BCUT2D eigenvalue weighted by Gasteiger charge is -2.33. The summed E-state index contributed by atoms with van der Waals surface area (Å²) in [6.45, 7) is 3.98. The van der Waals surface area contributed by atoms with Gasteiger partial charge in [-0.15, -0.1) is 0 Å². The van der Waals surface area contributed by atoms with Crippen LogP contribution in [0.1, 0.15) is 50.1 Å². The monoisotopic (exact) mass is 348 g/mol. The molecule has 3 rings (SSSR count). The average molecular weight is 348 g/mol. The Morgan fingerprint density at radius 3 is 2.56 bits per heavy atom. The molecule has 1 N–H and O–H groups in total. The smallest absolute Gasteiger partial charge is 0.325 e. The molecule has 138 valence electrons. The molecule has 25 heavy (non-hydrogen) atoms. The lowest BCUT2D eigenvalue weighted by atomic mass is 9.95. The van der Waals surface area contributed by atoms with E-state index in [4.69, 9.17) is 5.11 Å². The Balaban J connectivity index is 1.55. The molecule has 0 saturated carbocycles. The number of likely N-dealkylation sites (tertiary alicyclic amines) is 2. The molecule has 2 aliphatic rings. The Kier molecular flexibility index (Phi) is 6.07. The molecule has 1 unspecified atom stereocenters. The first-order valence-corrected chi connectivity index (χ1v) is 9.37. The normalized spacial score (nSPS) is 22.6. The number of carbonyl (C=O) groups is 2. The van der Waals surface area contributed by atoms with E-state index in [9.17, 15) is 9.59 Å². The van der Waals surface area contributed by atoms with Crippen molar-refractivity contribution in [3.8, 4) is 0 Å². The molecular formula is C18H28N4O3. The van der Waals surface area contributed by atoms with E-state index in [1.54, 1.807) is 6.20 Å². The van der Waals surface area contributed by atoms with Crippen LogP contribution in [-0.4, -0.2) is 69.3 Å². The number of amides is 1. The van der Waals surface area contributed by atoms with Crippen molar-refractivity contribution in [1.29, 1.82) is 0 Å². The van der Waals surface area contributed by atoms with Gasteiger partial charge in [0.15, 0.2) is 0 Å². The second-order valence-electron chi connectivity index (χ2n) is 7.20. The molecule has 1 aromatic heterocycles. The van der Waals surface area contributed by atoms with Crippen LogP contribution in [0.4, 0.5) is 0 Å². The molecule has 1 aromatic rings. The van der Waals surface area contributed by atoms with E-state index in [1.165, 1.54) is 30.4 Å². The number of piperidine rings is 1. The Labute approximate surface area is 148 Å². The highest BCUT2D eigenvalue weighted by atomic mass is 16.4. The number of carbonyl (C=O) groups excluding carboxylic acids is 1. The van der Waals surface area contributed by atoms with Gasteiger partial charge in [0.05, 0.1) is 12.2 Å². The second-order valence-corrected chi connectivity index (χ2v) is 7.20. The molecule has 7 nitrogen and oxygen atoms in total. The highest BCUT2D eigenvalue weighted by molar-refractivity contribution is 5.78. The molecule has 0 bridgehead atoms. The molecular weight excluding hydrogens is 320 g/mol. The van der Waals surface area contributed by atoms with Crippen molar-refractivity contribution in [1.82, 2.24) is 19.6 Å². The van der Waals surface area contributed by atoms with E-state index >= 15 is 0 Å². The summed E-state index contributed by atoms with van der Waals surface area (Å²) in [5.41, 5.74) is 0.897. The number of aliphatic carboxylic acids is 1. The van der Waals surface area contributed by atoms with Crippen LogP contribution in [0.2, 0.25) is 0 Å². The number of carboxylic acids is 1. The maximum Gasteiger partial charge on any atom is 0.325 e. The van der Waals surface area contributed by atoms with Gasteiger partial charge in [0.25, 0.3) is 0 Å². The fraction of sp³-hybridized carbons (Fsp3) is 0.722. The molecule has 1 atom stereocenters. The van der Waals surface area contributed by atoms with E-state index in [0.717, 1.165) is 38.2 Å². The minimum atomic E-state index is -0.896. The molecule has 0 aromatic carbocycles. The van der Waals surface area contributed by atoms with Crippen molar-refractivity contribution < 1.29 is 14.7 Å². The molecule has 7 heteroatoms. The van der Waals surface area contributed by atoms with Crippen molar-refractivity contribution in [2.24, 2.45) is 0 Å². The van der Waals surface area contributed by atoms with Gasteiger partial charge in [0.2, 0.25) is 5.91 Å². The Bertz CT molecular complexity index is 593. The van der Waals surface area contributed by atoms with Crippen LogP contribution in [0.3, 0.4) is 0 Å². The van der Waals surface area contributed by atoms with Crippen LogP contribution in [0.15, 0.2) is 12.3 Å². The zero-order valence-corrected chi connectivity index (χ0v) is 14.8. The van der Waals surface area contributed by atoms with Gasteiger partial charge in [-0.1, -0.05) is 12.8 Å². The van der Waals surface area contributed by atoms with E-state index in [1.807, 2.05) is 11.0 Å². The molecule has 0 aliphatic carbocycles. The average Bonchev–Trinajstić information content (AvgIpc) is 2.90. The summed E-state index contributed by atoms with van der Waals surface area (Å²) in [6, 6.07) is 1.89. The number of nitrogens with zero attached hydrogens (tertiary/aromatic N) is 4. The maximum absolute atomic E-state index is 12.7. The molecule has 0 spiro atoms. The summed E-state index contributed by atoms with van der Waals surface area (Å²) in [6.07, 6.45) is 8.61. The highest BCUT2D eigenvalue weighted by Gasteiger charge is 2.27. The third-order valence-electron chi connectivity index (χ3n) is 5.21. The van der Waals surface area contributed by atoms with Crippen molar-refractivity contribution in [2.75, 3.05) is 32.7 Å². The summed E-state index contributed by atoms with van der Waals surface area (Å²) in [5, 5.41) is 13.2. The van der Waals surface area contributed by atoms with Gasteiger partial charge >= 0.3 is 5.97 Å². The fourth-order valence-electron chi connectivity index (χ4n) is 3.85. The molecule has 3 heterocycles. The molecule has 2 saturated heterocycles. The quantitative estimate of drug-likeness (QED) is 0.873. The molecule has 1 amide bonds. The number of hydrogen-bond acceptors (Lipinski definition) is 4. The van der Waals surface area contributed by atoms with Crippen molar-refractivity contribution in [3.05, 3.63) is 18.0 Å². The second kappa shape index (κ2) is 8.47. The first kappa shape index (κ1) is 17.9. The lowest BCUT2D eigenvalue weighted by Crippen LogP contribution is -2.45. The first-order valence-electron chi connectivity index (χ1n) is 9.37. The summed E-state index contributed by atoms with van der Waals surface area (Å²) >= 11 is 0. The fourth-order valence-corrected chi connectivity index (χ4v) is 3.85.